The average Bonchev–Trinajstić information content (AvgIpc) is 2.98. The van der Waals surface area contributed by atoms with Gasteiger partial charge in [-0.05, 0) is 57.6 Å². The van der Waals surface area contributed by atoms with Crippen LogP contribution in [-0.2, 0) is 27.2 Å². The average molecular weight is 375 g/mol. The fourth-order valence-corrected chi connectivity index (χ4v) is 5.05. The molecule has 1 saturated heterocycles. The summed E-state index contributed by atoms with van der Waals surface area (Å²) in [6.45, 7) is 3.78. The largest absolute Gasteiger partial charge is 0.466 e. The maximum absolute atomic E-state index is 12.5. The van der Waals surface area contributed by atoms with Gasteiger partial charge in [-0.1, -0.05) is 0 Å². The highest BCUT2D eigenvalue weighted by Crippen LogP contribution is 2.37. The summed E-state index contributed by atoms with van der Waals surface area (Å²) < 4.78 is 5.11. The molecule has 1 unspecified atom stereocenters. The Morgan fingerprint density at radius 2 is 2.15 bits per heavy atom. The van der Waals surface area contributed by atoms with Crippen LogP contribution in [0.3, 0.4) is 0 Å². The molecule has 1 atom stereocenters. The SMILES string of the molecule is CCOC(=O)C1CCCN(CC(=O)Nc2sc3c(c2C#N)CCCC3)C1. The monoisotopic (exact) mass is 375 g/mol. The number of nitriles is 1. The van der Waals surface area contributed by atoms with E-state index in [9.17, 15) is 14.9 Å². The number of hydrogen-bond donors (Lipinski definition) is 1. The van der Waals surface area contributed by atoms with Crippen molar-refractivity contribution in [2.75, 3.05) is 31.6 Å². The number of likely N-dealkylation sites (tertiary alicyclic amines) is 1. The van der Waals surface area contributed by atoms with Crippen LogP contribution in [0.1, 0.15) is 48.6 Å². The number of amides is 1. The minimum Gasteiger partial charge on any atom is -0.466 e. The predicted molar refractivity (Wildman–Crippen MR) is 100 cm³/mol. The lowest BCUT2D eigenvalue weighted by Gasteiger charge is -2.30. The third kappa shape index (κ3) is 4.25. The molecule has 1 aromatic rings. The van der Waals surface area contributed by atoms with Gasteiger partial charge in [0, 0.05) is 11.4 Å². The quantitative estimate of drug-likeness (QED) is 0.800. The van der Waals surface area contributed by atoms with Crippen molar-refractivity contribution in [2.24, 2.45) is 5.92 Å². The van der Waals surface area contributed by atoms with E-state index < -0.39 is 0 Å². The first kappa shape index (κ1) is 18.9. The fourth-order valence-electron chi connectivity index (χ4n) is 3.79. The number of piperidine rings is 1. The molecule has 6 nitrogen and oxygen atoms in total. The standard InChI is InChI=1S/C19H25N3O3S/c1-2-25-19(24)13-6-5-9-22(11-13)12-17(23)21-18-15(10-20)14-7-3-4-8-16(14)26-18/h13H,2-9,11-12H2,1H3,(H,21,23). The highest BCUT2D eigenvalue weighted by molar-refractivity contribution is 7.16. The summed E-state index contributed by atoms with van der Waals surface area (Å²) in [5.41, 5.74) is 1.76. The van der Waals surface area contributed by atoms with E-state index in [0.717, 1.165) is 50.6 Å². The van der Waals surface area contributed by atoms with Gasteiger partial charge in [0.05, 0.1) is 24.6 Å². The van der Waals surface area contributed by atoms with Crippen LogP contribution in [0.25, 0.3) is 0 Å². The van der Waals surface area contributed by atoms with Gasteiger partial charge >= 0.3 is 5.97 Å². The maximum Gasteiger partial charge on any atom is 0.310 e. The highest BCUT2D eigenvalue weighted by atomic mass is 32.1. The normalized spacial score (nSPS) is 20.1. The second kappa shape index (κ2) is 8.65. The number of aryl methyl sites for hydroxylation is 1. The summed E-state index contributed by atoms with van der Waals surface area (Å²) in [6.07, 6.45) is 5.88. The molecule has 140 valence electrons. The van der Waals surface area contributed by atoms with E-state index in [0.29, 0.717) is 23.7 Å². The Hall–Kier alpha value is -1.91. The van der Waals surface area contributed by atoms with Crippen molar-refractivity contribution in [1.29, 1.82) is 5.26 Å². The number of rotatable bonds is 5. The van der Waals surface area contributed by atoms with Crippen molar-refractivity contribution in [1.82, 2.24) is 4.90 Å². The summed E-state index contributed by atoms with van der Waals surface area (Å²) in [5, 5.41) is 13.1. The van der Waals surface area contributed by atoms with Gasteiger partial charge in [0.2, 0.25) is 5.91 Å². The molecule has 0 spiro atoms. The second-order valence-corrected chi connectivity index (χ2v) is 8.01. The predicted octanol–water partition coefficient (Wildman–Crippen LogP) is 2.71. The summed E-state index contributed by atoms with van der Waals surface area (Å²) >= 11 is 1.54. The van der Waals surface area contributed by atoms with E-state index in [1.54, 1.807) is 18.3 Å². The van der Waals surface area contributed by atoms with Gasteiger partial charge in [-0.25, -0.2) is 0 Å². The minimum atomic E-state index is -0.171. The number of anilines is 1. The Kier molecular flexibility index (Phi) is 6.28. The third-order valence-electron chi connectivity index (χ3n) is 5.03. The zero-order valence-electron chi connectivity index (χ0n) is 15.2. The topological polar surface area (TPSA) is 82.4 Å². The first-order chi connectivity index (χ1) is 12.6. The lowest BCUT2D eigenvalue weighted by atomic mass is 9.96. The number of hydrogen-bond acceptors (Lipinski definition) is 6. The zero-order chi connectivity index (χ0) is 18.5. The highest BCUT2D eigenvalue weighted by Gasteiger charge is 2.28. The number of carbonyl (C=O) groups is 2. The minimum absolute atomic E-state index is 0.121. The van der Waals surface area contributed by atoms with Gasteiger partial charge in [0.15, 0.2) is 0 Å². The van der Waals surface area contributed by atoms with E-state index in [2.05, 4.69) is 11.4 Å². The summed E-state index contributed by atoms with van der Waals surface area (Å²) in [7, 11) is 0. The number of nitrogens with one attached hydrogen (secondary N) is 1. The Labute approximate surface area is 158 Å². The smallest absolute Gasteiger partial charge is 0.310 e. The van der Waals surface area contributed by atoms with E-state index in [4.69, 9.17) is 4.74 Å². The molecule has 3 rings (SSSR count). The van der Waals surface area contributed by atoms with Crippen LogP contribution in [0.2, 0.25) is 0 Å². The Bertz CT molecular complexity index is 722. The molecule has 1 amide bonds. The molecule has 0 bridgehead atoms. The first-order valence-corrected chi connectivity index (χ1v) is 10.2. The van der Waals surface area contributed by atoms with Crippen LogP contribution in [0, 0.1) is 17.2 Å². The number of thiophene rings is 1. The molecule has 1 fully saturated rings. The molecule has 2 heterocycles. The second-order valence-electron chi connectivity index (χ2n) is 6.90. The molecule has 1 aliphatic carbocycles. The van der Waals surface area contributed by atoms with E-state index in [-0.39, 0.29) is 24.3 Å². The Morgan fingerprint density at radius 3 is 2.92 bits per heavy atom. The van der Waals surface area contributed by atoms with E-state index >= 15 is 0 Å². The molecule has 2 aliphatic rings. The third-order valence-corrected chi connectivity index (χ3v) is 6.24. The molecule has 0 saturated carbocycles. The van der Waals surface area contributed by atoms with Crippen LogP contribution in [0.5, 0.6) is 0 Å². The van der Waals surface area contributed by atoms with Crippen molar-refractivity contribution in [3.05, 3.63) is 16.0 Å². The molecule has 0 radical (unpaired) electrons. The first-order valence-electron chi connectivity index (χ1n) is 9.35. The van der Waals surface area contributed by atoms with Crippen molar-refractivity contribution in [2.45, 2.75) is 45.4 Å². The van der Waals surface area contributed by atoms with Gasteiger partial charge in [0.25, 0.3) is 0 Å². The molecule has 1 aliphatic heterocycles. The van der Waals surface area contributed by atoms with Crippen molar-refractivity contribution < 1.29 is 14.3 Å². The molecular formula is C19H25N3O3S. The van der Waals surface area contributed by atoms with Gasteiger partial charge in [-0.2, -0.15) is 5.26 Å². The zero-order valence-corrected chi connectivity index (χ0v) is 16.0. The number of nitrogens with zero attached hydrogens (tertiary/aromatic N) is 2. The van der Waals surface area contributed by atoms with Gasteiger partial charge in [-0.3, -0.25) is 14.5 Å². The number of esters is 1. The number of ether oxygens (including phenoxy) is 1. The lowest BCUT2D eigenvalue weighted by Crippen LogP contribution is -2.43. The maximum atomic E-state index is 12.5. The van der Waals surface area contributed by atoms with Crippen LogP contribution >= 0.6 is 11.3 Å². The van der Waals surface area contributed by atoms with Crippen LogP contribution in [0.4, 0.5) is 5.00 Å². The van der Waals surface area contributed by atoms with Gasteiger partial charge in [0.1, 0.15) is 11.1 Å². The van der Waals surface area contributed by atoms with Crippen molar-refractivity contribution in [3.8, 4) is 6.07 Å². The molecule has 26 heavy (non-hydrogen) atoms. The number of fused-ring (bicyclic) bond motifs is 1. The lowest BCUT2D eigenvalue weighted by molar-refractivity contribution is -0.150. The summed E-state index contributed by atoms with van der Waals surface area (Å²) in [6, 6.07) is 2.27. The molecule has 0 aromatic carbocycles. The molecule has 1 N–H and O–H groups in total. The molecule has 1 aromatic heterocycles. The van der Waals surface area contributed by atoms with Crippen LogP contribution in [-0.4, -0.2) is 43.0 Å². The van der Waals surface area contributed by atoms with E-state index in [1.807, 2.05) is 4.90 Å². The van der Waals surface area contributed by atoms with Crippen molar-refractivity contribution in [3.63, 3.8) is 0 Å². The number of carbonyl (C=O) groups excluding carboxylic acids is 2. The molecule has 7 heteroatoms. The van der Waals surface area contributed by atoms with Crippen LogP contribution < -0.4 is 5.32 Å². The summed E-state index contributed by atoms with van der Waals surface area (Å²) in [5.74, 6) is -0.444. The van der Waals surface area contributed by atoms with Crippen LogP contribution in [0.15, 0.2) is 0 Å². The Balaban J connectivity index is 1.60. The van der Waals surface area contributed by atoms with Gasteiger partial charge < -0.3 is 10.1 Å². The Morgan fingerprint density at radius 1 is 1.35 bits per heavy atom. The fraction of sp³-hybridized carbons (Fsp3) is 0.632. The summed E-state index contributed by atoms with van der Waals surface area (Å²) in [4.78, 5) is 27.7. The van der Waals surface area contributed by atoms with Crippen molar-refractivity contribution >= 4 is 28.2 Å². The van der Waals surface area contributed by atoms with Gasteiger partial charge in [-0.15, -0.1) is 11.3 Å². The van der Waals surface area contributed by atoms with E-state index in [1.165, 1.54) is 4.88 Å². The molecular weight excluding hydrogens is 350 g/mol.